The van der Waals surface area contributed by atoms with Gasteiger partial charge in [0.1, 0.15) is 0 Å². The molecule has 1 heteroatoms. The number of nitrogens with one attached hydrogen (secondary N) is 1. The van der Waals surface area contributed by atoms with Gasteiger partial charge in [-0.2, -0.15) is 0 Å². The number of anilines is 1. The Morgan fingerprint density at radius 3 is 2.35 bits per heavy atom. The van der Waals surface area contributed by atoms with E-state index in [1.165, 1.54) is 36.9 Å². The van der Waals surface area contributed by atoms with Crippen molar-refractivity contribution in [3.05, 3.63) is 29.8 Å². The SMILES string of the molecule is CC(C)C1CCCCC1Nc1ccccc1C(C)(C)C. The first-order chi connectivity index (χ1) is 9.39. The summed E-state index contributed by atoms with van der Waals surface area (Å²) in [5.41, 5.74) is 2.98. The summed E-state index contributed by atoms with van der Waals surface area (Å²) in [5, 5.41) is 3.89. The Labute approximate surface area is 125 Å². The molecule has 20 heavy (non-hydrogen) atoms. The van der Waals surface area contributed by atoms with E-state index in [1.807, 2.05) is 0 Å². The molecule has 1 fully saturated rings. The highest BCUT2D eigenvalue weighted by Crippen LogP contribution is 2.35. The van der Waals surface area contributed by atoms with Crippen LogP contribution in [0.4, 0.5) is 5.69 Å². The van der Waals surface area contributed by atoms with Gasteiger partial charge in [-0.3, -0.25) is 0 Å². The molecule has 1 aromatic rings. The van der Waals surface area contributed by atoms with Crippen LogP contribution in [-0.4, -0.2) is 6.04 Å². The number of para-hydroxylation sites is 1. The summed E-state index contributed by atoms with van der Waals surface area (Å²) in [5.74, 6) is 1.59. The first kappa shape index (κ1) is 15.4. The molecule has 0 bridgehead atoms. The van der Waals surface area contributed by atoms with Crippen LogP contribution in [0, 0.1) is 11.8 Å². The van der Waals surface area contributed by atoms with E-state index >= 15 is 0 Å². The highest BCUT2D eigenvalue weighted by Gasteiger charge is 2.28. The fourth-order valence-corrected chi connectivity index (χ4v) is 3.60. The zero-order chi connectivity index (χ0) is 14.8. The van der Waals surface area contributed by atoms with Crippen molar-refractivity contribution in [2.24, 2.45) is 11.8 Å². The average molecular weight is 273 g/mol. The zero-order valence-electron chi connectivity index (χ0n) is 13.9. The largest absolute Gasteiger partial charge is 0.382 e. The van der Waals surface area contributed by atoms with Gasteiger partial charge in [0.25, 0.3) is 0 Å². The van der Waals surface area contributed by atoms with Crippen LogP contribution in [0.15, 0.2) is 24.3 Å². The van der Waals surface area contributed by atoms with Gasteiger partial charge in [0, 0.05) is 11.7 Å². The van der Waals surface area contributed by atoms with Crippen LogP contribution < -0.4 is 5.32 Å². The third-order valence-electron chi connectivity index (χ3n) is 4.75. The van der Waals surface area contributed by atoms with Crippen molar-refractivity contribution < 1.29 is 0 Å². The van der Waals surface area contributed by atoms with Crippen LogP contribution in [0.2, 0.25) is 0 Å². The van der Waals surface area contributed by atoms with Crippen LogP contribution in [0.5, 0.6) is 0 Å². The van der Waals surface area contributed by atoms with Crippen molar-refractivity contribution in [1.82, 2.24) is 0 Å². The fraction of sp³-hybridized carbons (Fsp3) is 0.684. The average Bonchev–Trinajstić information content (AvgIpc) is 2.38. The van der Waals surface area contributed by atoms with Crippen LogP contribution in [0.1, 0.15) is 65.9 Å². The summed E-state index contributed by atoms with van der Waals surface area (Å²) in [7, 11) is 0. The van der Waals surface area contributed by atoms with Crippen LogP contribution in [0.3, 0.4) is 0 Å². The Bertz CT molecular complexity index is 428. The number of benzene rings is 1. The highest BCUT2D eigenvalue weighted by molar-refractivity contribution is 5.54. The standard InChI is InChI=1S/C19H31N/c1-14(2)15-10-6-8-12-17(15)20-18-13-9-7-11-16(18)19(3,4)5/h7,9,11,13-15,17,20H,6,8,10,12H2,1-5H3. The zero-order valence-corrected chi connectivity index (χ0v) is 13.9. The molecule has 2 unspecified atom stereocenters. The smallest absolute Gasteiger partial charge is 0.0380 e. The van der Waals surface area contributed by atoms with Crippen molar-refractivity contribution in [2.75, 3.05) is 5.32 Å². The molecule has 1 aromatic carbocycles. The molecule has 0 aromatic heterocycles. The minimum atomic E-state index is 0.200. The first-order valence-corrected chi connectivity index (χ1v) is 8.25. The minimum Gasteiger partial charge on any atom is -0.382 e. The summed E-state index contributed by atoms with van der Waals surface area (Å²) < 4.78 is 0. The second-order valence-electron chi connectivity index (χ2n) is 7.74. The van der Waals surface area contributed by atoms with E-state index < -0.39 is 0 Å². The lowest BCUT2D eigenvalue weighted by Gasteiger charge is -2.37. The summed E-state index contributed by atoms with van der Waals surface area (Å²) in [6.07, 6.45) is 5.48. The lowest BCUT2D eigenvalue weighted by atomic mass is 9.77. The lowest BCUT2D eigenvalue weighted by Crippen LogP contribution is -2.36. The first-order valence-electron chi connectivity index (χ1n) is 8.25. The van der Waals surface area contributed by atoms with E-state index in [-0.39, 0.29) is 5.41 Å². The topological polar surface area (TPSA) is 12.0 Å². The van der Waals surface area contributed by atoms with Gasteiger partial charge in [0.2, 0.25) is 0 Å². The Morgan fingerprint density at radius 2 is 1.70 bits per heavy atom. The highest BCUT2D eigenvalue weighted by atomic mass is 14.9. The molecule has 1 N–H and O–H groups in total. The number of rotatable bonds is 3. The Hall–Kier alpha value is -0.980. The van der Waals surface area contributed by atoms with Gasteiger partial charge in [0.05, 0.1) is 0 Å². The minimum absolute atomic E-state index is 0.200. The third kappa shape index (κ3) is 3.56. The van der Waals surface area contributed by atoms with Gasteiger partial charge >= 0.3 is 0 Å². The normalized spacial score (nSPS) is 23.9. The van der Waals surface area contributed by atoms with Crippen molar-refractivity contribution in [3.63, 3.8) is 0 Å². The molecule has 0 spiro atoms. The molecule has 1 aliphatic rings. The van der Waals surface area contributed by atoms with Crippen molar-refractivity contribution in [2.45, 2.75) is 71.8 Å². The molecule has 1 nitrogen and oxygen atoms in total. The second kappa shape index (κ2) is 6.20. The van der Waals surface area contributed by atoms with Crippen molar-refractivity contribution in [1.29, 1.82) is 0 Å². The maximum Gasteiger partial charge on any atom is 0.0380 e. The summed E-state index contributed by atoms with van der Waals surface area (Å²) in [6, 6.07) is 9.49. The Balaban J connectivity index is 2.20. The van der Waals surface area contributed by atoms with Gasteiger partial charge in [-0.15, -0.1) is 0 Å². The predicted octanol–water partition coefficient (Wildman–Crippen LogP) is 5.61. The number of hydrogen-bond donors (Lipinski definition) is 1. The van der Waals surface area contributed by atoms with Gasteiger partial charge in [-0.05, 0) is 41.7 Å². The van der Waals surface area contributed by atoms with Crippen LogP contribution in [-0.2, 0) is 5.41 Å². The fourth-order valence-electron chi connectivity index (χ4n) is 3.60. The van der Waals surface area contributed by atoms with Gasteiger partial charge in [-0.1, -0.05) is 65.7 Å². The molecule has 0 amide bonds. The molecule has 0 radical (unpaired) electrons. The van der Waals surface area contributed by atoms with E-state index in [0.29, 0.717) is 6.04 Å². The third-order valence-corrected chi connectivity index (χ3v) is 4.75. The second-order valence-corrected chi connectivity index (χ2v) is 7.74. The number of hydrogen-bond acceptors (Lipinski definition) is 1. The molecule has 0 heterocycles. The van der Waals surface area contributed by atoms with Gasteiger partial charge in [-0.25, -0.2) is 0 Å². The van der Waals surface area contributed by atoms with E-state index in [0.717, 1.165) is 11.8 Å². The van der Waals surface area contributed by atoms with E-state index in [2.05, 4.69) is 64.2 Å². The maximum absolute atomic E-state index is 3.89. The maximum atomic E-state index is 3.89. The van der Waals surface area contributed by atoms with Gasteiger partial charge in [0.15, 0.2) is 0 Å². The molecule has 1 saturated carbocycles. The van der Waals surface area contributed by atoms with Crippen LogP contribution >= 0.6 is 0 Å². The molecule has 2 atom stereocenters. The molecular weight excluding hydrogens is 242 g/mol. The molecule has 2 rings (SSSR count). The summed E-state index contributed by atoms with van der Waals surface area (Å²) in [4.78, 5) is 0. The van der Waals surface area contributed by atoms with Crippen LogP contribution in [0.25, 0.3) is 0 Å². The quantitative estimate of drug-likeness (QED) is 0.754. The molecule has 0 aliphatic heterocycles. The van der Waals surface area contributed by atoms with Gasteiger partial charge < -0.3 is 5.32 Å². The van der Waals surface area contributed by atoms with Crippen molar-refractivity contribution >= 4 is 5.69 Å². The van der Waals surface area contributed by atoms with E-state index in [9.17, 15) is 0 Å². The molecule has 0 saturated heterocycles. The predicted molar refractivity (Wildman–Crippen MR) is 89.3 cm³/mol. The molecule has 1 aliphatic carbocycles. The van der Waals surface area contributed by atoms with Crippen molar-refractivity contribution in [3.8, 4) is 0 Å². The Kier molecular flexibility index (Phi) is 4.78. The lowest BCUT2D eigenvalue weighted by molar-refractivity contribution is 0.253. The Morgan fingerprint density at radius 1 is 1.05 bits per heavy atom. The molecule has 112 valence electrons. The molecular formula is C19H31N. The van der Waals surface area contributed by atoms with E-state index in [4.69, 9.17) is 0 Å². The summed E-state index contributed by atoms with van der Waals surface area (Å²) in [6.45, 7) is 11.7. The summed E-state index contributed by atoms with van der Waals surface area (Å²) >= 11 is 0. The van der Waals surface area contributed by atoms with E-state index in [1.54, 1.807) is 0 Å². The monoisotopic (exact) mass is 273 g/mol.